The summed E-state index contributed by atoms with van der Waals surface area (Å²) >= 11 is 5.20. The smallest absolute Gasteiger partial charge is 0.217 e. The standard InChI is InChI=1S/C14H17N3S/c1-3-17-13(15-16-14(17)18)12-8-11(12)10-6-4-9(2)5-7-10/h4-7,11-13H,3,8H2,1-2H3. The number of hydrogen-bond acceptors (Lipinski definition) is 2. The summed E-state index contributed by atoms with van der Waals surface area (Å²) < 4.78 is 0. The Labute approximate surface area is 113 Å². The molecule has 0 N–H and O–H groups in total. The van der Waals surface area contributed by atoms with E-state index in [4.69, 9.17) is 12.2 Å². The molecule has 18 heavy (non-hydrogen) atoms. The average Bonchev–Trinajstić information content (AvgIpc) is 3.07. The molecule has 3 nitrogen and oxygen atoms in total. The van der Waals surface area contributed by atoms with Crippen molar-refractivity contribution in [1.29, 1.82) is 0 Å². The van der Waals surface area contributed by atoms with Gasteiger partial charge in [-0.2, -0.15) is 5.11 Å². The van der Waals surface area contributed by atoms with Crippen LogP contribution in [0.4, 0.5) is 0 Å². The molecule has 0 saturated heterocycles. The molecule has 0 bridgehead atoms. The molecular formula is C14H17N3S. The molecule has 1 heterocycles. The highest BCUT2D eigenvalue weighted by Gasteiger charge is 2.48. The highest BCUT2D eigenvalue weighted by molar-refractivity contribution is 7.80. The third-order valence-corrected chi connectivity index (χ3v) is 4.21. The number of aryl methyl sites for hydroxylation is 1. The zero-order valence-electron chi connectivity index (χ0n) is 10.7. The van der Waals surface area contributed by atoms with Crippen LogP contribution in [0.3, 0.4) is 0 Å². The average molecular weight is 259 g/mol. The van der Waals surface area contributed by atoms with Gasteiger partial charge < -0.3 is 4.90 Å². The molecule has 1 aromatic carbocycles. The Morgan fingerprint density at radius 2 is 2.06 bits per heavy atom. The van der Waals surface area contributed by atoms with Gasteiger partial charge in [0, 0.05) is 12.5 Å². The molecule has 3 unspecified atom stereocenters. The van der Waals surface area contributed by atoms with E-state index < -0.39 is 0 Å². The maximum Gasteiger partial charge on any atom is 0.217 e. The SMILES string of the molecule is CCN1C(=S)N=NC1C1CC1c1ccc(C)cc1. The van der Waals surface area contributed by atoms with Gasteiger partial charge >= 0.3 is 0 Å². The summed E-state index contributed by atoms with van der Waals surface area (Å²) in [6, 6.07) is 8.84. The first-order valence-corrected chi connectivity index (χ1v) is 6.89. The van der Waals surface area contributed by atoms with E-state index in [9.17, 15) is 0 Å². The molecular weight excluding hydrogens is 242 g/mol. The van der Waals surface area contributed by atoms with Gasteiger partial charge in [0.25, 0.3) is 0 Å². The molecule has 1 aromatic rings. The van der Waals surface area contributed by atoms with E-state index in [2.05, 4.69) is 53.2 Å². The van der Waals surface area contributed by atoms with Crippen LogP contribution < -0.4 is 0 Å². The van der Waals surface area contributed by atoms with Gasteiger partial charge in [-0.05, 0) is 44.0 Å². The van der Waals surface area contributed by atoms with Gasteiger partial charge in [-0.15, -0.1) is 5.11 Å². The fourth-order valence-electron chi connectivity index (χ4n) is 2.72. The lowest BCUT2D eigenvalue weighted by Gasteiger charge is -2.21. The van der Waals surface area contributed by atoms with E-state index >= 15 is 0 Å². The van der Waals surface area contributed by atoms with Gasteiger partial charge in [0.1, 0.15) is 6.17 Å². The van der Waals surface area contributed by atoms with Crippen LogP contribution in [0.25, 0.3) is 0 Å². The first-order chi connectivity index (χ1) is 8.70. The van der Waals surface area contributed by atoms with Crippen LogP contribution in [0.15, 0.2) is 34.5 Å². The first kappa shape index (κ1) is 11.8. The number of hydrogen-bond donors (Lipinski definition) is 0. The van der Waals surface area contributed by atoms with Gasteiger partial charge in [-0.1, -0.05) is 29.8 Å². The van der Waals surface area contributed by atoms with E-state index in [-0.39, 0.29) is 6.17 Å². The maximum absolute atomic E-state index is 5.20. The lowest BCUT2D eigenvalue weighted by molar-refractivity contribution is 0.318. The summed E-state index contributed by atoms with van der Waals surface area (Å²) in [7, 11) is 0. The fraction of sp³-hybridized carbons (Fsp3) is 0.500. The zero-order valence-corrected chi connectivity index (χ0v) is 11.5. The highest BCUT2D eigenvalue weighted by atomic mass is 32.1. The maximum atomic E-state index is 5.20. The molecule has 3 atom stereocenters. The second-order valence-electron chi connectivity index (χ2n) is 5.11. The van der Waals surface area contributed by atoms with Crippen molar-refractivity contribution < 1.29 is 0 Å². The third kappa shape index (κ3) is 1.94. The fourth-order valence-corrected chi connectivity index (χ4v) is 3.01. The van der Waals surface area contributed by atoms with Crippen molar-refractivity contribution in [1.82, 2.24) is 4.90 Å². The lowest BCUT2D eigenvalue weighted by Crippen LogP contribution is -2.34. The van der Waals surface area contributed by atoms with E-state index in [0.29, 0.717) is 16.9 Å². The number of thiocarbonyl (C=S) groups is 1. The molecule has 1 fully saturated rings. The number of rotatable bonds is 3. The van der Waals surface area contributed by atoms with Gasteiger partial charge in [0.15, 0.2) is 0 Å². The number of benzene rings is 1. The molecule has 2 aliphatic rings. The van der Waals surface area contributed by atoms with Crippen LogP contribution in [0.1, 0.15) is 30.4 Å². The molecule has 1 saturated carbocycles. The Morgan fingerprint density at radius 3 is 2.72 bits per heavy atom. The molecule has 3 rings (SSSR count). The van der Waals surface area contributed by atoms with Crippen molar-refractivity contribution >= 4 is 17.3 Å². The first-order valence-electron chi connectivity index (χ1n) is 6.48. The molecule has 1 aliphatic carbocycles. The number of azo groups is 1. The summed E-state index contributed by atoms with van der Waals surface area (Å²) in [5, 5.41) is 9.04. The van der Waals surface area contributed by atoms with Crippen molar-refractivity contribution in [3.05, 3.63) is 35.4 Å². The van der Waals surface area contributed by atoms with Crippen LogP contribution in [0, 0.1) is 12.8 Å². The largest absolute Gasteiger partial charge is 0.322 e. The van der Waals surface area contributed by atoms with E-state index in [0.717, 1.165) is 6.54 Å². The molecule has 4 heteroatoms. The lowest BCUT2D eigenvalue weighted by atomic mass is 10.1. The molecule has 0 amide bonds. The summed E-state index contributed by atoms with van der Waals surface area (Å²) in [5.41, 5.74) is 2.74. The molecule has 1 aliphatic heterocycles. The van der Waals surface area contributed by atoms with Gasteiger partial charge in [0.2, 0.25) is 5.11 Å². The van der Waals surface area contributed by atoms with Crippen molar-refractivity contribution in [3.63, 3.8) is 0 Å². The van der Waals surface area contributed by atoms with E-state index in [1.165, 1.54) is 17.5 Å². The Hall–Kier alpha value is -1.29. The molecule has 0 radical (unpaired) electrons. The van der Waals surface area contributed by atoms with E-state index in [1.807, 2.05) is 0 Å². The minimum atomic E-state index is 0.175. The van der Waals surface area contributed by atoms with Crippen molar-refractivity contribution in [2.45, 2.75) is 32.4 Å². The summed E-state index contributed by atoms with van der Waals surface area (Å²) in [6.07, 6.45) is 1.38. The normalized spacial score (nSPS) is 30.0. The summed E-state index contributed by atoms with van der Waals surface area (Å²) in [6.45, 7) is 5.13. The predicted molar refractivity (Wildman–Crippen MR) is 75.6 cm³/mol. The van der Waals surface area contributed by atoms with Crippen LogP contribution in [-0.2, 0) is 0 Å². The van der Waals surface area contributed by atoms with Crippen LogP contribution in [-0.4, -0.2) is 22.7 Å². The molecule has 94 valence electrons. The van der Waals surface area contributed by atoms with Gasteiger partial charge in [0.05, 0.1) is 0 Å². The number of nitrogens with zero attached hydrogens (tertiary/aromatic N) is 3. The van der Waals surface area contributed by atoms with Crippen molar-refractivity contribution in [2.24, 2.45) is 16.1 Å². The minimum Gasteiger partial charge on any atom is -0.322 e. The third-order valence-electron chi connectivity index (χ3n) is 3.90. The minimum absolute atomic E-state index is 0.175. The van der Waals surface area contributed by atoms with Crippen molar-refractivity contribution in [2.75, 3.05) is 6.54 Å². The van der Waals surface area contributed by atoms with Crippen LogP contribution >= 0.6 is 12.2 Å². The molecule has 0 spiro atoms. The topological polar surface area (TPSA) is 28.0 Å². The monoisotopic (exact) mass is 259 g/mol. The van der Waals surface area contributed by atoms with E-state index in [1.54, 1.807) is 0 Å². The Bertz CT molecular complexity index is 494. The van der Waals surface area contributed by atoms with Crippen LogP contribution in [0.5, 0.6) is 0 Å². The Morgan fingerprint density at radius 1 is 1.33 bits per heavy atom. The molecule has 0 aromatic heterocycles. The highest BCUT2D eigenvalue weighted by Crippen LogP contribution is 2.52. The van der Waals surface area contributed by atoms with Crippen molar-refractivity contribution in [3.8, 4) is 0 Å². The quantitative estimate of drug-likeness (QED) is 0.777. The van der Waals surface area contributed by atoms with Crippen LogP contribution in [0.2, 0.25) is 0 Å². The Kier molecular flexibility index (Phi) is 2.90. The second-order valence-corrected chi connectivity index (χ2v) is 5.48. The summed E-state index contributed by atoms with van der Waals surface area (Å²) in [5.74, 6) is 1.21. The zero-order chi connectivity index (χ0) is 12.7. The predicted octanol–water partition coefficient (Wildman–Crippen LogP) is 3.50. The van der Waals surface area contributed by atoms with Gasteiger partial charge in [-0.3, -0.25) is 0 Å². The Balaban J connectivity index is 1.73. The van der Waals surface area contributed by atoms with Gasteiger partial charge in [-0.25, -0.2) is 0 Å². The second kappa shape index (κ2) is 4.43. The summed E-state index contributed by atoms with van der Waals surface area (Å²) in [4.78, 5) is 2.13.